The number of hydrogen-bond donors (Lipinski definition) is 2. The van der Waals surface area contributed by atoms with Gasteiger partial charge in [-0.25, -0.2) is 0 Å². The zero-order valence-corrected chi connectivity index (χ0v) is 11.5. The lowest BCUT2D eigenvalue weighted by atomic mass is 10.1. The van der Waals surface area contributed by atoms with Gasteiger partial charge in [-0.2, -0.15) is 8.78 Å². The molecule has 3 N–H and O–H groups in total. The van der Waals surface area contributed by atoms with Crippen molar-refractivity contribution in [3.05, 3.63) is 29.8 Å². The first-order valence-electron chi connectivity index (χ1n) is 5.41. The zero-order chi connectivity index (χ0) is 13.8. The zero-order valence-electron chi connectivity index (χ0n) is 10.7. The number of nitrogens with one attached hydrogen (secondary N) is 1. The fraction of sp³-hybridized carbons (Fsp3) is 0.417. The van der Waals surface area contributed by atoms with E-state index in [1.165, 1.54) is 24.3 Å². The van der Waals surface area contributed by atoms with Crippen LogP contribution in [0.15, 0.2) is 24.3 Å². The Hall–Kier alpha value is -1.40. The number of halogens is 3. The Balaban J connectivity index is 0.00000324. The van der Waals surface area contributed by atoms with Gasteiger partial charge in [-0.1, -0.05) is 6.07 Å². The van der Waals surface area contributed by atoms with E-state index in [1.54, 1.807) is 13.8 Å². The van der Waals surface area contributed by atoms with E-state index in [0.717, 1.165) is 0 Å². The van der Waals surface area contributed by atoms with E-state index < -0.39 is 12.2 Å². The first-order valence-corrected chi connectivity index (χ1v) is 5.41. The second-order valence-corrected chi connectivity index (χ2v) is 4.45. The van der Waals surface area contributed by atoms with Gasteiger partial charge in [-0.15, -0.1) is 12.4 Å². The lowest BCUT2D eigenvalue weighted by Crippen LogP contribution is -2.48. The monoisotopic (exact) mass is 294 g/mol. The molecule has 4 nitrogen and oxygen atoms in total. The van der Waals surface area contributed by atoms with Crippen molar-refractivity contribution in [3.63, 3.8) is 0 Å². The minimum Gasteiger partial charge on any atom is -0.435 e. The van der Waals surface area contributed by atoms with Crippen LogP contribution in [0.4, 0.5) is 8.78 Å². The maximum Gasteiger partial charge on any atom is 0.387 e. The van der Waals surface area contributed by atoms with Gasteiger partial charge in [-0.05, 0) is 32.0 Å². The van der Waals surface area contributed by atoms with Gasteiger partial charge in [0, 0.05) is 17.6 Å². The second-order valence-electron chi connectivity index (χ2n) is 4.45. The second kappa shape index (κ2) is 7.25. The van der Waals surface area contributed by atoms with E-state index in [1.807, 2.05) is 0 Å². The third kappa shape index (κ3) is 5.85. The SMILES string of the molecule is CC(C)(CN)NC(=O)c1cccc(OC(F)F)c1.Cl. The molecular formula is C12H17ClF2N2O2. The van der Waals surface area contributed by atoms with Crippen LogP contribution in [0, 0.1) is 0 Å². The van der Waals surface area contributed by atoms with Crippen molar-refractivity contribution >= 4 is 18.3 Å². The van der Waals surface area contributed by atoms with Crippen molar-refractivity contribution in [2.45, 2.75) is 26.0 Å². The molecule has 1 aromatic carbocycles. The Labute approximate surface area is 116 Å². The van der Waals surface area contributed by atoms with E-state index in [0.29, 0.717) is 0 Å². The maximum absolute atomic E-state index is 12.0. The highest BCUT2D eigenvalue weighted by atomic mass is 35.5. The number of carbonyl (C=O) groups is 1. The lowest BCUT2D eigenvalue weighted by Gasteiger charge is -2.24. The van der Waals surface area contributed by atoms with Crippen LogP contribution in [0.5, 0.6) is 5.75 Å². The molecule has 0 fully saturated rings. The standard InChI is InChI=1S/C12H16F2N2O2.ClH/c1-12(2,7-15)16-10(17)8-4-3-5-9(6-8)18-11(13)14;/h3-6,11H,7,15H2,1-2H3,(H,16,17);1H. The van der Waals surface area contributed by atoms with Crippen LogP contribution in [0.1, 0.15) is 24.2 Å². The van der Waals surface area contributed by atoms with Crippen molar-refractivity contribution < 1.29 is 18.3 Å². The molecule has 0 saturated carbocycles. The molecule has 0 bridgehead atoms. The summed E-state index contributed by atoms with van der Waals surface area (Å²) in [4.78, 5) is 11.8. The molecule has 0 spiro atoms. The van der Waals surface area contributed by atoms with Crippen LogP contribution in [0.25, 0.3) is 0 Å². The molecule has 108 valence electrons. The molecule has 0 saturated heterocycles. The summed E-state index contributed by atoms with van der Waals surface area (Å²) in [5.41, 5.74) is 5.18. The van der Waals surface area contributed by atoms with Gasteiger partial charge in [-0.3, -0.25) is 4.79 Å². The van der Waals surface area contributed by atoms with Crippen molar-refractivity contribution in [2.75, 3.05) is 6.54 Å². The number of carbonyl (C=O) groups excluding carboxylic acids is 1. The predicted molar refractivity (Wildman–Crippen MR) is 70.9 cm³/mol. The van der Waals surface area contributed by atoms with Crippen LogP contribution < -0.4 is 15.8 Å². The third-order valence-corrected chi connectivity index (χ3v) is 2.28. The molecule has 19 heavy (non-hydrogen) atoms. The molecule has 0 unspecified atom stereocenters. The Morgan fingerprint density at radius 1 is 1.47 bits per heavy atom. The smallest absolute Gasteiger partial charge is 0.387 e. The lowest BCUT2D eigenvalue weighted by molar-refractivity contribution is -0.0498. The first kappa shape index (κ1) is 17.6. The number of rotatable bonds is 5. The fourth-order valence-electron chi connectivity index (χ4n) is 1.24. The van der Waals surface area contributed by atoms with Gasteiger partial charge in [0.2, 0.25) is 0 Å². The van der Waals surface area contributed by atoms with Crippen LogP contribution in [-0.2, 0) is 0 Å². The van der Waals surface area contributed by atoms with Crippen molar-refractivity contribution in [1.82, 2.24) is 5.32 Å². The Morgan fingerprint density at radius 3 is 2.63 bits per heavy atom. The quantitative estimate of drug-likeness (QED) is 0.875. The average Bonchev–Trinajstić information content (AvgIpc) is 2.28. The molecule has 7 heteroatoms. The minimum absolute atomic E-state index is 0. The molecule has 1 amide bonds. The van der Waals surface area contributed by atoms with Crippen molar-refractivity contribution in [1.29, 1.82) is 0 Å². The fourth-order valence-corrected chi connectivity index (χ4v) is 1.24. The number of amides is 1. The molecule has 0 radical (unpaired) electrons. The van der Waals surface area contributed by atoms with Gasteiger partial charge in [0.05, 0.1) is 0 Å². The molecule has 0 aliphatic rings. The summed E-state index contributed by atoms with van der Waals surface area (Å²) in [6.45, 7) is 0.893. The molecule has 1 rings (SSSR count). The summed E-state index contributed by atoms with van der Waals surface area (Å²) in [5.74, 6) is -0.437. The number of ether oxygens (including phenoxy) is 1. The van der Waals surface area contributed by atoms with Crippen LogP contribution in [-0.4, -0.2) is 24.6 Å². The topological polar surface area (TPSA) is 64.3 Å². The highest BCUT2D eigenvalue weighted by molar-refractivity contribution is 5.95. The summed E-state index contributed by atoms with van der Waals surface area (Å²) in [7, 11) is 0. The summed E-state index contributed by atoms with van der Waals surface area (Å²) in [6.07, 6.45) is 0. The Morgan fingerprint density at radius 2 is 2.11 bits per heavy atom. The summed E-state index contributed by atoms with van der Waals surface area (Å²) in [5, 5.41) is 2.70. The van der Waals surface area contributed by atoms with Gasteiger partial charge in [0.25, 0.3) is 5.91 Å². The largest absolute Gasteiger partial charge is 0.435 e. The minimum atomic E-state index is -2.91. The van der Waals surface area contributed by atoms with Crippen LogP contribution in [0.2, 0.25) is 0 Å². The van der Waals surface area contributed by atoms with E-state index in [2.05, 4.69) is 10.1 Å². The molecule has 0 aromatic heterocycles. The van der Waals surface area contributed by atoms with Gasteiger partial charge in [0.15, 0.2) is 0 Å². The number of hydrogen-bond acceptors (Lipinski definition) is 3. The van der Waals surface area contributed by atoms with Crippen molar-refractivity contribution in [2.24, 2.45) is 5.73 Å². The van der Waals surface area contributed by atoms with Gasteiger partial charge >= 0.3 is 6.61 Å². The van der Waals surface area contributed by atoms with Crippen LogP contribution >= 0.6 is 12.4 Å². The summed E-state index contributed by atoms with van der Waals surface area (Å²) in [6, 6.07) is 5.60. The summed E-state index contributed by atoms with van der Waals surface area (Å²) >= 11 is 0. The Bertz CT molecular complexity index is 428. The van der Waals surface area contributed by atoms with Gasteiger partial charge < -0.3 is 15.8 Å². The van der Waals surface area contributed by atoms with Crippen molar-refractivity contribution in [3.8, 4) is 5.75 Å². The predicted octanol–water partition coefficient (Wildman–Crippen LogP) is 2.18. The van der Waals surface area contributed by atoms with E-state index in [9.17, 15) is 13.6 Å². The number of alkyl halides is 2. The highest BCUT2D eigenvalue weighted by Crippen LogP contribution is 2.16. The summed E-state index contributed by atoms with van der Waals surface area (Å²) < 4.78 is 28.3. The molecule has 0 heterocycles. The Kier molecular flexibility index (Phi) is 6.72. The average molecular weight is 295 g/mol. The van der Waals surface area contributed by atoms with E-state index in [4.69, 9.17) is 5.73 Å². The van der Waals surface area contributed by atoms with Gasteiger partial charge in [0.1, 0.15) is 5.75 Å². The highest BCUT2D eigenvalue weighted by Gasteiger charge is 2.19. The van der Waals surface area contributed by atoms with E-state index in [-0.39, 0.29) is 36.2 Å². The molecular weight excluding hydrogens is 278 g/mol. The molecule has 0 atom stereocenters. The number of benzene rings is 1. The normalized spacial score (nSPS) is 10.8. The molecule has 0 aliphatic heterocycles. The maximum atomic E-state index is 12.0. The van der Waals surface area contributed by atoms with E-state index >= 15 is 0 Å². The molecule has 0 aliphatic carbocycles. The van der Waals surface area contributed by atoms with Crippen LogP contribution in [0.3, 0.4) is 0 Å². The molecule has 1 aromatic rings. The first-order chi connectivity index (χ1) is 8.34. The number of nitrogens with two attached hydrogens (primary N) is 1. The third-order valence-electron chi connectivity index (χ3n) is 2.28.